The molecule has 0 nitrogen and oxygen atoms in total. The number of allylic oxidation sites excluding steroid dienone is 2. The lowest BCUT2D eigenvalue weighted by molar-refractivity contribution is 0.440. The smallest absolute Gasteiger partial charge is 0.166 e. The number of hydrogen-bond acceptors (Lipinski definition) is 0. The molecular weight excluding hydrogens is 453 g/mol. The molecular formula is C33H37F3. The van der Waals surface area contributed by atoms with Crippen LogP contribution in [0.25, 0.3) is 16.7 Å². The molecule has 4 rings (SSSR count). The summed E-state index contributed by atoms with van der Waals surface area (Å²) in [6.45, 7) is 4.24. The van der Waals surface area contributed by atoms with Gasteiger partial charge in [-0.05, 0) is 96.7 Å². The number of hydrogen-bond donors (Lipinski definition) is 0. The second-order valence-corrected chi connectivity index (χ2v) is 10.2. The van der Waals surface area contributed by atoms with Crippen LogP contribution >= 0.6 is 0 Å². The summed E-state index contributed by atoms with van der Waals surface area (Å²) in [4.78, 5) is 0. The summed E-state index contributed by atoms with van der Waals surface area (Å²) in [5, 5.41) is 0. The van der Waals surface area contributed by atoms with Crippen molar-refractivity contribution in [3.05, 3.63) is 100 Å². The fourth-order valence-corrected chi connectivity index (χ4v) is 5.23. The quantitative estimate of drug-likeness (QED) is 0.265. The lowest BCUT2D eigenvalue weighted by atomic mass is 9.83. The average molecular weight is 491 g/mol. The van der Waals surface area contributed by atoms with Crippen LogP contribution < -0.4 is 0 Å². The Balaban J connectivity index is 1.36. The van der Waals surface area contributed by atoms with Gasteiger partial charge in [-0.25, -0.2) is 13.2 Å². The molecule has 1 atom stereocenters. The van der Waals surface area contributed by atoms with Crippen molar-refractivity contribution in [2.24, 2.45) is 5.92 Å². The van der Waals surface area contributed by atoms with Crippen LogP contribution in [0.5, 0.6) is 0 Å². The van der Waals surface area contributed by atoms with Crippen molar-refractivity contribution >= 4 is 5.57 Å². The molecule has 0 spiro atoms. The lowest BCUT2D eigenvalue weighted by Crippen LogP contribution is -2.08. The Morgan fingerprint density at radius 1 is 0.750 bits per heavy atom. The number of rotatable bonds is 10. The first-order chi connectivity index (χ1) is 17.5. The van der Waals surface area contributed by atoms with Gasteiger partial charge in [-0.3, -0.25) is 0 Å². The maximum Gasteiger partial charge on any atom is 0.166 e. The van der Waals surface area contributed by atoms with Crippen molar-refractivity contribution in [1.82, 2.24) is 0 Å². The molecule has 3 aromatic carbocycles. The van der Waals surface area contributed by atoms with Gasteiger partial charge in [0, 0.05) is 5.56 Å². The van der Waals surface area contributed by atoms with E-state index < -0.39 is 11.6 Å². The minimum absolute atomic E-state index is 0.109. The summed E-state index contributed by atoms with van der Waals surface area (Å²) in [6, 6.07) is 16.8. The van der Waals surface area contributed by atoms with Crippen LogP contribution in [0.15, 0.2) is 60.7 Å². The molecule has 0 saturated carbocycles. The Bertz CT molecular complexity index is 1190. The third kappa shape index (κ3) is 6.30. The standard InChI is InChI=1S/C33H37F3/c1-3-5-7-27-18-19-29(22-31(27)34)25-13-8-24(9-14-25)12-17-28-20-21-30(33(36)32(28)35)26-15-10-23(6-4-2)11-16-26/h10-11,13,15-16,18-22,24H,3-9,12,14,17H2,1-2H3. The van der Waals surface area contributed by atoms with Gasteiger partial charge in [0.2, 0.25) is 0 Å². The van der Waals surface area contributed by atoms with Gasteiger partial charge in [0.05, 0.1) is 0 Å². The number of aryl methyl sites for hydroxylation is 3. The predicted octanol–water partition coefficient (Wildman–Crippen LogP) is 9.88. The first-order valence-electron chi connectivity index (χ1n) is 13.5. The van der Waals surface area contributed by atoms with Gasteiger partial charge in [0.15, 0.2) is 11.6 Å². The van der Waals surface area contributed by atoms with E-state index in [1.165, 1.54) is 11.1 Å². The molecule has 0 radical (unpaired) electrons. The van der Waals surface area contributed by atoms with E-state index in [1.54, 1.807) is 18.2 Å². The van der Waals surface area contributed by atoms with Gasteiger partial charge in [0.1, 0.15) is 5.82 Å². The molecule has 3 aromatic rings. The zero-order valence-electron chi connectivity index (χ0n) is 21.6. The molecule has 0 heterocycles. The second-order valence-electron chi connectivity index (χ2n) is 10.2. The minimum atomic E-state index is -0.758. The Labute approximate surface area is 214 Å². The zero-order chi connectivity index (χ0) is 25.5. The van der Waals surface area contributed by atoms with Crippen molar-refractivity contribution in [1.29, 1.82) is 0 Å². The number of benzene rings is 3. The predicted molar refractivity (Wildman–Crippen MR) is 144 cm³/mol. The van der Waals surface area contributed by atoms with Crippen molar-refractivity contribution in [3.63, 3.8) is 0 Å². The molecule has 0 aliphatic heterocycles. The summed E-state index contributed by atoms with van der Waals surface area (Å²) in [5.41, 5.74) is 5.63. The molecule has 0 bridgehead atoms. The maximum absolute atomic E-state index is 14.9. The third-order valence-corrected chi connectivity index (χ3v) is 7.53. The number of halogens is 3. The van der Waals surface area contributed by atoms with Gasteiger partial charge in [-0.2, -0.15) is 0 Å². The largest absolute Gasteiger partial charge is 0.207 e. The van der Waals surface area contributed by atoms with Crippen molar-refractivity contribution in [2.45, 2.75) is 78.1 Å². The van der Waals surface area contributed by atoms with E-state index in [0.717, 1.165) is 68.9 Å². The SMILES string of the molecule is CCCCc1ccc(C2=CCC(CCc3ccc(-c4ccc(CCC)cc4)c(F)c3F)CC2)cc1F. The van der Waals surface area contributed by atoms with E-state index in [2.05, 4.69) is 19.9 Å². The van der Waals surface area contributed by atoms with Gasteiger partial charge < -0.3 is 0 Å². The summed E-state index contributed by atoms with van der Waals surface area (Å²) in [5.74, 6) is -1.17. The van der Waals surface area contributed by atoms with Crippen LogP contribution in [0.3, 0.4) is 0 Å². The van der Waals surface area contributed by atoms with Gasteiger partial charge in [-0.15, -0.1) is 0 Å². The van der Waals surface area contributed by atoms with Crippen LogP contribution in [-0.4, -0.2) is 0 Å². The van der Waals surface area contributed by atoms with Crippen molar-refractivity contribution < 1.29 is 13.2 Å². The molecule has 190 valence electrons. The molecule has 0 aromatic heterocycles. The summed E-state index contributed by atoms with van der Waals surface area (Å²) in [6.07, 6.45) is 11.2. The highest BCUT2D eigenvalue weighted by molar-refractivity contribution is 5.67. The topological polar surface area (TPSA) is 0 Å². The molecule has 3 heteroatoms. The highest BCUT2D eigenvalue weighted by Crippen LogP contribution is 2.34. The highest BCUT2D eigenvalue weighted by Gasteiger charge is 2.19. The van der Waals surface area contributed by atoms with Crippen LogP contribution in [-0.2, 0) is 19.3 Å². The average Bonchev–Trinajstić information content (AvgIpc) is 2.90. The molecule has 1 unspecified atom stereocenters. The highest BCUT2D eigenvalue weighted by atomic mass is 19.2. The maximum atomic E-state index is 14.9. The van der Waals surface area contributed by atoms with Crippen LogP contribution in [0, 0.1) is 23.4 Å². The molecule has 1 aliphatic rings. The molecule has 36 heavy (non-hydrogen) atoms. The van der Waals surface area contributed by atoms with E-state index in [4.69, 9.17) is 0 Å². The van der Waals surface area contributed by atoms with E-state index in [-0.39, 0.29) is 5.82 Å². The summed E-state index contributed by atoms with van der Waals surface area (Å²) in [7, 11) is 0. The molecule has 0 amide bonds. The van der Waals surface area contributed by atoms with Crippen LogP contribution in [0.2, 0.25) is 0 Å². The molecule has 0 fully saturated rings. The van der Waals surface area contributed by atoms with E-state index in [9.17, 15) is 13.2 Å². The summed E-state index contributed by atoms with van der Waals surface area (Å²) < 4.78 is 44.3. The molecule has 0 N–H and O–H groups in total. The first-order valence-corrected chi connectivity index (χ1v) is 13.5. The van der Waals surface area contributed by atoms with Crippen LogP contribution in [0.1, 0.15) is 81.0 Å². The Morgan fingerprint density at radius 2 is 1.50 bits per heavy atom. The Kier molecular flexibility index (Phi) is 9.07. The third-order valence-electron chi connectivity index (χ3n) is 7.53. The second kappa shape index (κ2) is 12.4. The first kappa shape index (κ1) is 26.3. The Morgan fingerprint density at radius 3 is 2.17 bits per heavy atom. The fraction of sp³-hybridized carbons (Fsp3) is 0.394. The van der Waals surface area contributed by atoms with Crippen molar-refractivity contribution in [2.75, 3.05) is 0 Å². The Hall–Kier alpha value is -2.81. The zero-order valence-corrected chi connectivity index (χ0v) is 21.6. The normalized spacial score (nSPS) is 15.7. The van der Waals surface area contributed by atoms with E-state index in [0.29, 0.717) is 29.0 Å². The molecule has 1 aliphatic carbocycles. The lowest BCUT2D eigenvalue weighted by Gasteiger charge is -2.22. The monoisotopic (exact) mass is 490 g/mol. The van der Waals surface area contributed by atoms with Crippen LogP contribution in [0.4, 0.5) is 13.2 Å². The molecule has 0 saturated heterocycles. The fourth-order valence-electron chi connectivity index (χ4n) is 5.23. The van der Waals surface area contributed by atoms with Gasteiger partial charge in [0.25, 0.3) is 0 Å². The van der Waals surface area contributed by atoms with E-state index in [1.807, 2.05) is 36.4 Å². The van der Waals surface area contributed by atoms with Crippen molar-refractivity contribution in [3.8, 4) is 11.1 Å². The summed E-state index contributed by atoms with van der Waals surface area (Å²) >= 11 is 0. The number of unbranched alkanes of at least 4 members (excludes halogenated alkanes) is 1. The van der Waals surface area contributed by atoms with E-state index >= 15 is 0 Å². The van der Waals surface area contributed by atoms with Gasteiger partial charge in [-0.1, -0.05) is 81.3 Å². The van der Waals surface area contributed by atoms with Gasteiger partial charge >= 0.3 is 0 Å². The minimum Gasteiger partial charge on any atom is -0.207 e.